The molecule has 1 aliphatic heterocycles. The van der Waals surface area contributed by atoms with Gasteiger partial charge in [0.1, 0.15) is 0 Å². The molecule has 1 heterocycles. The number of hydrogen-bond acceptors (Lipinski definition) is 2. The molecular weight excluding hydrogens is 252 g/mol. The Labute approximate surface area is 120 Å². The van der Waals surface area contributed by atoms with E-state index < -0.39 is 0 Å². The summed E-state index contributed by atoms with van der Waals surface area (Å²) in [6.07, 6.45) is 0.518. The number of nitrogens with zero attached hydrogens (tertiary/aromatic N) is 2. The van der Waals surface area contributed by atoms with Crippen molar-refractivity contribution >= 4 is 11.8 Å². The van der Waals surface area contributed by atoms with Crippen LogP contribution in [0.1, 0.15) is 37.6 Å². The van der Waals surface area contributed by atoms with Gasteiger partial charge in [-0.2, -0.15) is 0 Å². The zero-order chi connectivity index (χ0) is 14.7. The van der Waals surface area contributed by atoms with Gasteiger partial charge in [-0.1, -0.05) is 25.1 Å². The number of benzene rings is 1. The van der Waals surface area contributed by atoms with Crippen LogP contribution in [-0.4, -0.2) is 46.8 Å². The molecule has 4 heteroatoms. The van der Waals surface area contributed by atoms with Crippen LogP contribution in [0.3, 0.4) is 0 Å². The fourth-order valence-electron chi connectivity index (χ4n) is 2.71. The summed E-state index contributed by atoms with van der Waals surface area (Å²) in [6, 6.07) is 9.45. The second-order valence-corrected chi connectivity index (χ2v) is 5.42. The van der Waals surface area contributed by atoms with Gasteiger partial charge < -0.3 is 9.80 Å². The van der Waals surface area contributed by atoms with Crippen molar-refractivity contribution in [3.05, 3.63) is 35.9 Å². The van der Waals surface area contributed by atoms with Gasteiger partial charge in [0, 0.05) is 37.2 Å². The summed E-state index contributed by atoms with van der Waals surface area (Å²) in [4.78, 5) is 28.2. The molecule has 2 amide bonds. The van der Waals surface area contributed by atoms with Gasteiger partial charge in [0.15, 0.2) is 0 Å². The highest BCUT2D eigenvalue weighted by Crippen LogP contribution is 2.18. The van der Waals surface area contributed by atoms with Crippen LogP contribution >= 0.6 is 0 Å². The van der Waals surface area contributed by atoms with Crippen LogP contribution < -0.4 is 0 Å². The summed E-state index contributed by atoms with van der Waals surface area (Å²) >= 11 is 0. The Kier molecular flexibility index (Phi) is 4.42. The van der Waals surface area contributed by atoms with Gasteiger partial charge in [-0.3, -0.25) is 9.59 Å². The van der Waals surface area contributed by atoms with Crippen molar-refractivity contribution in [1.29, 1.82) is 0 Å². The lowest BCUT2D eigenvalue weighted by molar-refractivity contribution is -0.136. The Morgan fingerprint density at radius 2 is 1.60 bits per heavy atom. The first-order chi connectivity index (χ1) is 9.54. The zero-order valence-electron chi connectivity index (χ0n) is 12.4. The molecule has 1 saturated heterocycles. The summed E-state index contributed by atoms with van der Waals surface area (Å²) in [5.41, 5.74) is 0.710. The molecule has 0 aliphatic carbocycles. The third-order valence-corrected chi connectivity index (χ3v) is 3.89. The summed E-state index contributed by atoms with van der Waals surface area (Å²) in [7, 11) is 0. The number of hydrogen-bond donors (Lipinski definition) is 0. The molecule has 1 aliphatic rings. The fraction of sp³-hybridized carbons (Fsp3) is 0.500. The lowest BCUT2D eigenvalue weighted by Crippen LogP contribution is -2.59. The first-order valence-electron chi connectivity index (χ1n) is 7.20. The second-order valence-electron chi connectivity index (χ2n) is 5.42. The van der Waals surface area contributed by atoms with Crippen LogP contribution in [-0.2, 0) is 4.79 Å². The highest BCUT2D eigenvalue weighted by Gasteiger charge is 2.33. The molecule has 1 aromatic rings. The van der Waals surface area contributed by atoms with Crippen LogP contribution in [0.25, 0.3) is 0 Å². The van der Waals surface area contributed by atoms with Crippen LogP contribution in [0, 0.1) is 0 Å². The van der Waals surface area contributed by atoms with Gasteiger partial charge in [-0.15, -0.1) is 0 Å². The molecule has 0 aromatic heterocycles. The Balaban J connectivity index is 2.12. The molecule has 1 aromatic carbocycles. The Morgan fingerprint density at radius 3 is 2.20 bits per heavy atom. The van der Waals surface area contributed by atoms with E-state index >= 15 is 0 Å². The lowest BCUT2D eigenvalue weighted by Gasteiger charge is -2.44. The maximum atomic E-state index is 12.5. The van der Waals surface area contributed by atoms with Crippen LogP contribution in [0.2, 0.25) is 0 Å². The average Bonchev–Trinajstić information content (AvgIpc) is 2.48. The van der Waals surface area contributed by atoms with Crippen molar-refractivity contribution < 1.29 is 9.59 Å². The van der Waals surface area contributed by atoms with E-state index in [-0.39, 0.29) is 23.9 Å². The van der Waals surface area contributed by atoms with E-state index in [0.29, 0.717) is 25.1 Å². The topological polar surface area (TPSA) is 40.6 Å². The van der Waals surface area contributed by atoms with Gasteiger partial charge in [0.25, 0.3) is 5.91 Å². The van der Waals surface area contributed by atoms with Crippen LogP contribution in [0.5, 0.6) is 0 Å². The quantitative estimate of drug-likeness (QED) is 0.829. The van der Waals surface area contributed by atoms with Crippen molar-refractivity contribution in [2.75, 3.05) is 13.1 Å². The summed E-state index contributed by atoms with van der Waals surface area (Å²) in [5, 5.41) is 0. The first-order valence-corrected chi connectivity index (χ1v) is 7.20. The highest BCUT2D eigenvalue weighted by atomic mass is 16.2. The van der Waals surface area contributed by atoms with E-state index in [1.165, 1.54) is 0 Å². The van der Waals surface area contributed by atoms with Crippen molar-refractivity contribution in [3.63, 3.8) is 0 Å². The largest absolute Gasteiger partial charge is 0.336 e. The number of rotatable bonds is 2. The first kappa shape index (κ1) is 14.6. The van der Waals surface area contributed by atoms with Crippen LogP contribution in [0.15, 0.2) is 30.3 Å². The van der Waals surface area contributed by atoms with E-state index in [9.17, 15) is 9.59 Å². The molecule has 0 spiro atoms. The maximum Gasteiger partial charge on any atom is 0.254 e. The lowest BCUT2D eigenvalue weighted by atomic mass is 10.1. The molecular formula is C16H22N2O2. The van der Waals surface area contributed by atoms with Gasteiger partial charge in [-0.05, 0) is 26.0 Å². The van der Waals surface area contributed by atoms with Gasteiger partial charge in [0.2, 0.25) is 5.91 Å². The fourth-order valence-corrected chi connectivity index (χ4v) is 2.71. The maximum absolute atomic E-state index is 12.5. The SMILES string of the molecule is CCC(=O)N1CC(C)N(C(=O)c2ccccc2)CC1C. The summed E-state index contributed by atoms with van der Waals surface area (Å²) in [5.74, 6) is 0.213. The molecule has 2 unspecified atom stereocenters. The summed E-state index contributed by atoms with van der Waals surface area (Å²) < 4.78 is 0. The highest BCUT2D eigenvalue weighted by molar-refractivity contribution is 5.94. The Bertz CT molecular complexity index is 487. The Morgan fingerprint density at radius 1 is 1.05 bits per heavy atom. The third kappa shape index (κ3) is 2.84. The van der Waals surface area contributed by atoms with Crippen molar-refractivity contribution in [2.24, 2.45) is 0 Å². The standard InChI is InChI=1S/C16H22N2O2/c1-4-15(19)17-10-13(3)18(11-12(17)2)16(20)14-8-6-5-7-9-14/h5-9,12-13H,4,10-11H2,1-3H3. The number of amides is 2. The smallest absolute Gasteiger partial charge is 0.254 e. The van der Waals surface area contributed by atoms with E-state index in [0.717, 1.165) is 0 Å². The molecule has 0 bridgehead atoms. The second kappa shape index (κ2) is 6.07. The van der Waals surface area contributed by atoms with Gasteiger partial charge in [0.05, 0.1) is 0 Å². The van der Waals surface area contributed by atoms with Gasteiger partial charge >= 0.3 is 0 Å². The summed E-state index contributed by atoms with van der Waals surface area (Å²) in [6.45, 7) is 7.10. The molecule has 2 rings (SSSR count). The van der Waals surface area contributed by atoms with Crippen molar-refractivity contribution in [1.82, 2.24) is 9.80 Å². The molecule has 0 N–H and O–H groups in total. The van der Waals surface area contributed by atoms with E-state index in [2.05, 4.69) is 0 Å². The van der Waals surface area contributed by atoms with Gasteiger partial charge in [-0.25, -0.2) is 0 Å². The minimum absolute atomic E-state index is 0.0496. The number of carbonyl (C=O) groups excluding carboxylic acids is 2. The van der Waals surface area contributed by atoms with Crippen molar-refractivity contribution in [3.8, 4) is 0 Å². The third-order valence-electron chi connectivity index (χ3n) is 3.89. The molecule has 1 fully saturated rings. The molecule has 108 valence electrons. The zero-order valence-corrected chi connectivity index (χ0v) is 12.4. The molecule has 0 radical (unpaired) electrons. The number of carbonyl (C=O) groups is 2. The molecule has 2 atom stereocenters. The minimum Gasteiger partial charge on any atom is -0.336 e. The molecule has 20 heavy (non-hydrogen) atoms. The number of piperazine rings is 1. The monoisotopic (exact) mass is 274 g/mol. The predicted octanol–water partition coefficient (Wildman–Crippen LogP) is 2.16. The normalized spacial score (nSPS) is 22.8. The molecule has 0 saturated carbocycles. The predicted molar refractivity (Wildman–Crippen MR) is 78.4 cm³/mol. The van der Waals surface area contributed by atoms with Crippen LogP contribution in [0.4, 0.5) is 0 Å². The molecule has 4 nitrogen and oxygen atoms in total. The van der Waals surface area contributed by atoms with E-state index in [4.69, 9.17) is 0 Å². The van der Waals surface area contributed by atoms with Crippen molar-refractivity contribution in [2.45, 2.75) is 39.3 Å². The Hall–Kier alpha value is -1.84. The van der Waals surface area contributed by atoms with E-state index in [1.54, 1.807) is 0 Å². The minimum atomic E-state index is 0.0496. The van der Waals surface area contributed by atoms with E-state index in [1.807, 2.05) is 60.9 Å². The average molecular weight is 274 g/mol.